The van der Waals surface area contributed by atoms with Gasteiger partial charge in [-0.25, -0.2) is 18.9 Å². The molecule has 4 rings (SSSR count). The van der Waals surface area contributed by atoms with Crippen LogP contribution in [-0.2, 0) is 19.6 Å². The van der Waals surface area contributed by atoms with E-state index in [1.54, 1.807) is 6.20 Å². The first-order valence-corrected chi connectivity index (χ1v) is 12.9. The smallest absolute Gasteiger partial charge is 0.406 e. The Morgan fingerprint density at radius 1 is 1.14 bits per heavy atom. The van der Waals surface area contributed by atoms with Crippen molar-refractivity contribution in [3.63, 3.8) is 0 Å². The Hall–Kier alpha value is -2.17. The summed E-state index contributed by atoms with van der Waals surface area (Å²) in [4.78, 5) is 19.4. The van der Waals surface area contributed by atoms with Gasteiger partial charge in [-0.1, -0.05) is 11.3 Å². The summed E-state index contributed by atoms with van der Waals surface area (Å²) in [5.41, 5.74) is 2.17. The number of carbonyl (C=O) groups is 1. The van der Waals surface area contributed by atoms with Gasteiger partial charge in [0.05, 0.1) is 4.88 Å². The molecule has 0 saturated carbocycles. The Balaban J connectivity index is 0.00000361. The van der Waals surface area contributed by atoms with Gasteiger partial charge in [-0.05, 0) is 29.8 Å². The largest absolute Gasteiger partial charge is 0.573 e. The number of hydroxylamine groups is 1. The van der Waals surface area contributed by atoms with E-state index in [1.807, 2.05) is 4.90 Å². The van der Waals surface area contributed by atoms with Crippen LogP contribution in [-0.4, -0.2) is 79.3 Å². The van der Waals surface area contributed by atoms with Crippen molar-refractivity contribution in [2.24, 2.45) is 0 Å². The summed E-state index contributed by atoms with van der Waals surface area (Å²) in [6.07, 6.45) is -3.26. The first-order chi connectivity index (χ1) is 16.6. The van der Waals surface area contributed by atoms with Gasteiger partial charge in [-0.2, -0.15) is 4.31 Å². The Morgan fingerprint density at radius 3 is 2.31 bits per heavy atom. The van der Waals surface area contributed by atoms with Gasteiger partial charge in [0.15, 0.2) is 9.88 Å². The number of rotatable bonds is 6. The Labute approximate surface area is 215 Å². The van der Waals surface area contributed by atoms with E-state index in [0.717, 1.165) is 4.88 Å². The standard InChI is InChI=1S/C20H23F3N4O6S2.ClH/c21-20(22,23)33-15-3-1-14(2-4-15)16-13-24-18(34-16)26-7-9-27(10-8-26)35(30,31)19(17(28)25-29)5-11-32-12-6-19;/h1-4,13,29H,5-12H2,(H,25,28);1H. The highest BCUT2D eigenvalue weighted by Crippen LogP contribution is 2.36. The van der Waals surface area contributed by atoms with E-state index in [0.29, 0.717) is 23.8 Å². The molecule has 0 aliphatic carbocycles. The summed E-state index contributed by atoms with van der Waals surface area (Å²) >= 11 is 1.33. The molecule has 2 N–H and O–H groups in total. The summed E-state index contributed by atoms with van der Waals surface area (Å²) in [7, 11) is -4.07. The fourth-order valence-electron chi connectivity index (χ4n) is 4.14. The second-order valence-electron chi connectivity index (χ2n) is 8.02. The van der Waals surface area contributed by atoms with Crippen molar-refractivity contribution >= 4 is 44.8 Å². The first-order valence-electron chi connectivity index (χ1n) is 10.6. The maximum Gasteiger partial charge on any atom is 0.573 e. The number of halogens is 4. The number of alkyl halides is 3. The molecular formula is C20H24ClF3N4O6S2. The van der Waals surface area contributed by atoms with Gasteiger partial charge in [0.25, 0.3) is 5.91 Å². The van der Waals surface area contributed by atoms with Crippen LogP contribution in [0, 0.1) is 0 Å². The molecule has 2 aliphatic heterocycles. The van der Waals surface area contributed by atoms with Crippen molar-refractivity contribution in [2.45, 2.75) is 24.0 Å². The number of aromatic nitrogens is 1. The van der Waals surface area contributed by atoms with Crippen molar-refractivity contribution in [3.05, 3.63) is 30.5 Å². The molecule has 2 fully saturated rings. The van der Waals surface area contributed by atoms with Gasteiger partial charge in [0.2, 0.25) is 10.0 Å². The number of amides is 1. The molecule has 3 heterocycles. The molecule has 0 bridgehead atoms. The van der Waals surface area contributed by atoms with E-state index in [2.05, 4.69) is 9.72 Å². The number of anilines is 1. The highest BCUT2D eigenvalue weighted by atomic mass is 35.5. The monoisotopic (exact) mass is 572 g/mol. The third-order valence-electron chi connectivity index (χ3n) is 6.02. The molecular weight excluding hydrogens is 549 g/mol. The lowest BCUT2D eigenvalue weighted by Crippen LogP contribution is -2.62. The van der Waals surface area contributed by atoms with Crippen molar-refractivity contribution in [3.8, 4) is 16.2 Å². The van der Waals surface area contributed by atoms with Crippen LogP contribution in [0.4, 0.5) is 18.3 Å². The van der Waals surface area contributed by atoms with E-state index in [1.165, 1.54) is 45.4 Å². The highest BCUT2D eigenvalue weighted by Gasteiger charge is 2.54. The first kappa shape index (κ1) is 28.4. The lowest BCUT2D eigenvalue weighted by Gasteiger charge is -2.41. The van der Waals surface area contributed by atoms with Crippen molar-refractivity contribution in [2.75, 3.05) is 44.3 Å². The second-order valence-corrected chi connectivity index (χ2v) is 11.3. The lowest BCUT2D eigenvalue weighted by molar-refractivity contribution is -0.274. The summed E-state index contributed by atoms with van der Waals surface area (Å²) in [5, 5.41) is 9.81. The van der Waals surface area contributed by atoms with Gasteiger partial charge < -0.3 is 14.4 Å². The fraction of sp³-hybridized carbons (Fsp3) is 0.500. The molecule has 1 aromatic heterocycles. The molecule has 1 aromatic carbocycles. The average molecular weight is 573 g/mol. The van der Waals surface area contributed by atoms with Crippen LogP contribution in [0.5, 0.6) is 5.75 Å². The van der Waals surface area contributed by atoms with Gasteiger partial charge in [-0.3, -0.25) is 10.0 Å². The van der Waals surface area contributed by atoms with Crippen LogP contribution in [0.25, 0.3) is 10.4 Å². The van der Waals surface area contributed by atoms with E-state index in [4.69, 9.17) is 4.74 Å². The SMILES string of the molecule is Cl.O=C(NO)C1(S(=O)(=O)N2CCN(c3ncc(-c4ccc(OC(F)(F)F)cc4)s3)CC2)CCOCC1. The van der Waals surface area contributed by atoms with Crippen molar-refractivity contribution in [1.82, 2.24) is 14.8 Å². The van der Waals surface area contributed by atoms with E-state index < -0.39 is 27.0 Å². The van der Waals surface area contributed by atoms with E-state index >= 15 is 0 Å². The van der Waals surface area contributed by atoms with Crippen LogP contribution < -0.4 is 15.1 Å². The summed E-state index contributed by atoms with van der Waals surface area (Å²) < 4.78 is 72.4. The van der Waals surface area contributed by atoms with Crippen LogP contribution in [0.15, 0.2) is 30.5 Å². The minimum absolute atomic E-state index is 0. The maximum atomic E-state index is 13.4. The number of nitrogens with one attached hydrogen (secondary N) is 1. The molecule has 36 heavy (non-hydrogen) atoms. The molecule has 0 spiro atoms. The number of hydrogen-bond donors (Lipinski definition) is 2. The quantitative estimate of drug-likeness (QED) is 0.400. The Bertz CT molecular complexity index is 1150. The van der Waals surface area contributed by atoms with Crippen molar-refractivity contribution < 1.29 is 41.1 Å². The highest BCUT2D eigenvalue weighted by molar-refractivity contribution is 7.91. The zero-order chi connectivity index (χ0) is 25.3. The predicted octanol–water partition coefficient (Wildman–Crippen LogP) is 2.64. The molecule has 200 valence electrons. The predicted molar refractivity (Wildman–Crippen MR) is 127 cm³/mol. The molecule has 0 radical (unpaired) electrons. The molecule has 16 heteroatoms. The van der Waals surface area contributed by atoms with Crippen LogP contribution in [0.2, 0.25) is 0 Å². The molecule has 10 nitrogen and oxygen atoms in total. The third-order valence-corrected chi connectivity index (χ3v) is 9.76. The molecule has 1 amide bonds. The number of thiazole rings is 1. The summed E-state index contributed by atoms with van der Waals surface area (Å²) in [6.45, 7) is 1.11. The van der Waals surface area contributed by atoms with Gasteiger partial charge >= 0.3 is 6.36 Å². The van der Waals surface area contributed by atoms with E-state index in [9.17, 15) is 31.6 Å². The zero-order valence-corrected chi connectivity index (χ0v) is 21.2. The normalized spacial score (nSPS) is 18.8. The van der Waals surface area contributed by atoms with Gasteiger partial charge in [0.1, 0.15) is 5.75 Å². The minimum atomic E-state index is -4.76. The number of nitrogens with zero attached hydrogens (tertiary/aromatic N) is 3. The Kier molecular flexibility index (Phi) is 8.73. The average Bonchev–Trinajstić information content (AvgIpc) is 3.34. The number of benzene rings is 1. The Morgan fingerprint density at radius 2 is 1.75 bits per heavy atom. The summed E-state index contributed by atoms with van der Waals surface area (Å²) in [6, 6.07) is 5.45. The molecule has 2 aliphatic rings. The van der Waals surface area contributed by atoms with Crippen LogP contribution >= 0.6 is 23.7 Å². The van der Waals surface area contributed by atoms with Crippen LogP contribution in [0.1, 0.15) is 12.8 Å². The van der Waals surface area contributed by atoms with Gasteiger partial charge in [0, 0.05) is 58.4 Å². The topological polar surface area (TPSA) is 121 Å². The molecule has 0 atom stereocenters. The molecule has 0 unspecified atom stereocenters. The second kappa shape index (κ2) is 11.1. The maximum absolute atomic E-state index is 13.4. The minimum Gasteiger partial charge on any atom is -0.406 e. The number of ether oxygens (including phenoxy) is 2. The zero-order valence-electron chi connectivity index (χ0n) is 18.7. The van der Waals surface area contributed by atoms with Gasteiger partial charge in [-0.15, -0.1) is 25.6 Å². The molecule has 2 saturated heterocycles. The third kappa shape index (κ3) is 5.70. The number of hydrogen-bond acceptors (Lipinski definition) is 9. The van der Waals surface area contributed by atoms with Crippen molar-refractivity contribution in [1.29, 1.82) is 0 Å². The van der Waals surface area contributed by atoms with Crippen LogP contribution in [0.3, 0.4) is 0 Å². The summed E-state index contributed by atoms with van der Waals surface area (Å²) in [5.74, 6) is -1.28. The van der Waals surface area contributed by atoms with E-state index in [-0.39, 0.29) is 57.3 Å². The number of sulfonamides is 1. The number of piperazine rings is 1. The fourth-order valence-corrected chi connectivity index (χ4v) is 7.21. The number of carbonyl (C=O) groups excluding carboxylic acids is 1. The lowest BCUT2D eigenvalue weighted by atomic mass is 9.98. The molecule has 2 aromatic rings.